The lowest BCUT2D eigenvalue weighted by molar-refractivity contribution is 0.533. The van der Waals surface area contributed by atoms with E-state index in [0.29, 0.717) is 18.2 Å². The zero-order chi connectivity index (χ0) is 13.3. The van der Waals surface area contributed by atoms with E-state index in [0.717, 1.165) is 11.8 Å². The molecule has 0 bridgehead atoms. The first-order valence-corrected chi connectivity index (χ1v) is 8.58. The van der Waals surface area contributed by atoms with Gasteiger partial charge in [0, 0.05) is 22.3 Å². The number of nitrogens with one attached hydrogen (secondary N) is 1. The van der Waals surface area contributed by atoms with Crippen molar-refractivity contribution in [1.29, 1.82) is 0 Å². The van der Waals surface area contributed by atoms with Gasteiger partial charge in [-0.15, -0.1) is 0 Å². The molecule has 18 heavy (non-hydrogen) atoms. The van der Waals surface area contributed by atoms with Crippen LogP contribution in [0.4, 0.5) is 8.78 Å². The quantitative estimate of drug-likeness (QED) is 0.903. The lowest BCUT2D eigenvalue weighted by Crippen LogP contribution is -2.35. The van der Waals surface area contributed by atoms with Crippen molar-refractivity contribution < 1.29 is 17.2 Å². The smallest absolute Gasteiger partial charge is 0.207 e. The summed E-state index contributed by atoms with van der Waals surface area (Å²) < 4.78 is 52.9. The van der Waals surface area contributed by atoms with Gasteiger partial charge < -0.3 is 0 Å². The standard InChI is InChI=1S/C10H10BrF2NO2S2/c11-8-3-6(12)4-9(13)10(8)18(15,16)14-7-1-2-17-5-7/h3-4,7,14H,1-2,5H2. The largest absolute Gasteiger partial charge is 0.244 e. The second-order valence-electron chi connectivity index (χ2n) is 3.88. The van der Waals surface area contributed by atoms with Gasteiger partial charge in [0.1, 0.15) is 16.5 Å². The summed E-state index contributed by atoms with van der Waals surface area (Å²) in [6.07, 6.45) is 0.713. The summed E-state index contributed by atoms with van der Waals surface area (Å²) >= 11 is 4.52. The fraction of sp³-hybridized carbons (Fsp3) is 0.400. The monoisotopic (exact) mass is 357 g/mol. The van der Waals surface area contributed by atoms with Gasteiger partial charge >= 0.3 is 0 Å². The van der Waals surface area contributed by atoms with Gasteiger partial charge in [-0.25, -0.2) is 21.9 Å². The summed E-state index contributed by atoms with van der Waals surface area (Å²) in [4.78, 5) is -0.541. The summed E-state index contributed by atoms with van der Waals surface area (Å²) in [5.41, 5.74) is 0. The first-order chi connectivity index (χ1) is 8.40. The minimum Gasteiger partial charge on any atom is -0.207 e. The minimum absolute atomic E-state index is 0.113. The van der Waals surface area contributed by atoms with Gasteiger partial charge in [0.15, 0.2) is 0 Å². The van der Waals surface area contributed by atoms with E-state index >= 15 is 0 Å². The lowest BCUT2D eigenvalue weighted by atomic mass is 10.3. The first kappa shape index (κ1) is 14.2. The number of benzene rings is 1. The average molecular weight is 358 g/mol. The van der Waals surface area contributed by atoms with Crippen LogP contribution < -0.4 is 4.72 Å². The molecule has 1 aromatic rings. The van der Waals surface area contributed by atoms with Crippen molar-refractivity contribution in [3.63, 3.8) is 0 Å². The number of hydrogen-bond acceptors (Lipinski definition) is 3. The Bertz CT molecular complexity index is 536. The van der Waals surface area contributed by atoms with Gasteiger partial charge in [0.25, 0.3) is 0 Å². The molecule has 1 N–H and O–H groups in total. The normalized spacial score (nSPS) is 20.3. The molecular formula is C10H10BrF2NO2S2. The Morgan fingerprint density at radius 3 is 2.67 bits per heavy atom. The second kappa shape index (κ2) is 5.44. The maximum absolute atomic E-state index is 13.6. The molecule has 1 atom stereocenters. The summed E-state index contributed by atoms with van der Waals surface area (Å²) in [5, 5.41) is 0. The zero-order valence-corrected chi connectivity index (χ0v) is 12.3. The Labute approximate surface area is 117 Å². The zero-order valence-electron chi connectivity index (χ0n) is 9.12. The Kier molecular flexibility index (Phi) is 4.30. The third kappa shape index (κ3) is 3.04. The van der Waals surface area contributed by atoms with E-state index < -0.39 is 26.6 Å². The third-order valence-corrected chi connectivity index (χ3v) is 6.13. The van der Waals surface area contributed by atoms with E-state index in [2.05, 4.69) is 20.7 Å². The molecule has 0 saturated carbocycles. The minimum atomic E-state index is -3.97. The molecule has 0 spiro atoms. The predicted octanol–water partition coefficient (Wildman–Crippen LogP) is 2.51. The van der Waals surface area contributed by atoms with E-state index in [1.54, 1.807) is 11.8 Å². The summed E-state index contributed by atoms with van der Waals surface area (Å²) in [6, 6.07) is 1.29. The highest BCUT2D eigenvalue weighted by Gasteiger charge is 2.28. The van der Waals surface area contributed by atoms with Crippen LogP contribution in [0.5, 0.6) is 0 Å². The maximum Gasteiger partial charge on any atom is 0.244 e. The van der Waals surface area contributed by atoms with Crippen LogP contribution in [-0.4, -0.2) is 26.0 Å². The predicted molar refractivity (Wildman–Crippen MR) is 70.1 cm³/mol. The van der Waals surface area contributed by atoms with Crippen molar-refractivity contribution in [2.75, 3.05) is 11.5 Å². The van der Waals surface area contributed by atoms with Crippen LogP contribution >= 0.6 is 27.7 Å². The molecule has 3 nitrogen and oxygen atoms in total. The summed E-state index contributed by atoms with van der Waals surface area (Å²) in [7, 11) is -3.97. The van der Waals surface area contributed by atoms with Gasteiger partial charge in [-0.05, 0) is 34.2 Å². The molecule has 1 aliphatic rings. The highest BCUT2D eigenvalue weighted by Crippen LogP contribution is 2.27. The van der Waals surface area contributed by atoms with E-state index in [4.69, 9.17) is 0 Å². The van der Waals surface area contributed by atoms with E-state index in [1.165, 1.54) is 0 Å². The maximum atomic E-state index is 13.6. The number of thioether (sulfide) groups is 1. The molecule has 2 rings (SSSR count). The topological polar surface area (TPSA) is 46.2 Å². The van der Waals surface area contributed by atoms with Gasteiger partial charge in [0.2, 0.25) is 10.0 Å². The van der Waals surface area contributed by atoms with Crippen LogP contribution in [0.3, 0.4) is 0 Å². The van der Waals surface area contributed by atoms with E-state index in [1.807, 2.05) is 0 Å². The first-order valence-electron chi connectivity index (χ1n) is 5.15. The van der Waals surface area contributed by atoms with Crippen LogP contribution in [0.25, 0.3) is 0 Å². The number of rotatable bonds is 3. The van der Waals surface area contributed by atoms with Gasteiger partial charge in [0.05, 0.1) is 0 Å². The van der Waals surface area contributed by atoms with Crippen molar-refractivity contribution in [1.82, 2.24) is 4.72 Å². The fourth-order valence-corrected chi connectivity index (χ4v) is 5.39. The van der Waals surface area contributed by atoms with Crippen LogP contribution in [-0.2, 0) is 10.0 Å². The Morgan fingerprint density at radius 2 is 2.11 bits per heavy atom. The number of sulfonamides is 1. The van der Waals surface area contributed by atoms with Crippen molar-refractivity contribution >= 4 is 37.7 Å². The summed E-state index contributed by atoms with van der Waals surface area (Å²) in [5.74, 6) is -0.380. The molecule has 1 aliphatic heterocycles. The molecule has 1 aromatic carbocycles. The van der Waals surface area contributed by atoms with Crippen molar-refractivity contribution in [3.05, 3.63) is 28.2 Å². The van der Waals surface area contributed by atoms with Gasteiger partial charge in [-0.3, -0.25) is 0 Å². The van der Waals surface area contributed by atoms with Gasteiger partial charge in [-0.2, -0.15) is 11.8 Å². The molecule has 0 radical (unpaired) electrons. The molecular weight excluding hydrogens is 348 g/mol. The Hall–Kier alpha value is -0.180. The van der Waals surface area contributed by atoms with E-state index in [9.17, 15) is 17.2 Å². The van der Waals surface area contributed by atoms with Crippen LogP contribution in [0.15, 0.2) is 21.5 Å². The van der Waals surface area contributed by atoms with Gasteiger partial charge in [-0.1, -0.05) is 0 Å². The van der Waals surface area contributed by atoms with Crippen LogP contribution in [0, 0.1) is 11.6 Å². The molecule has 1 heterocycles. The lowest BCUT2D eigenvalue weighted by Gasteiger charge is -2.13. The molecule has 1 fully saturated rings. The molecule has 1 unspecified atom stereocenters. The van der Waals surface area contributed by atoms with Crippen LogP contribution in [0.2, 0.25) is 0 Å². The number of halogens is 3. The molecule has 100 valence electrons. The number of hydrogen-bond donors (Lipinski definition) is 1. The molecule has 8 heteroatoms. The SMILES string of the molecule is O=S(=O)(NC1CCSC1)c1c(F)cc(F)cc1Br. The fourth-order valence-electron chi connectivity index (χ4n) is 1.69. The van der Waals surface area contributed by atoms with E-state index in [-0.39, 0.29) is 10.5 Å². The highest BCUT2D eigenvalue weighted by molar-refractivity contribution is 9.10. The Morgan fingerprint density at radius 1 is 1.39 bits per heavy atom. The van der Waals surface area contributed by atoms with Crippen molar-refractivity contribution in [2.24, 2.45) is 0 Å². The van der Waals surface area contributed by atoms with Crippen molar-refractivity contribution in [3.8, 4) is 0 Å². The third-order valence-electron chi connectivity index (χ3n) is 2.48. The molecule has 0 amide bonds. The van der Waals surface area contributed by atoms with Crippen molar-refractivity contribution in [2.45, 2.75) is 17.4 Å². The molecule has 0 aliphatic carbocycles. The highest BCUT2D eigenvalue weighted by atomic mass is 79.9. The van der Waals surface area contributed by atoms with Crippen LogP contribution in [0.1, 0.15) is 6.42 Å². The second-order valence-corrected chi connectivity index (χ2v) is 7.54. The average Bonchev–Trinajstić information content (AvgIpc) is 2.66. The molecule has 1 saturated heterocycles. The molecule has 0 aromatic heterocycles. The summed E-state index contributed by atoms with van der Waals surface area (Å²) in [6.45, 7) is 0. The Balaban J connectivity index is 2.34.